The van der Waals surface area contributed by atoms with Gasteiger partial charge in [0.2, 0.25) is 0 Å². The predicted octanol–water partition coefficient (Wildman–Crippen LogP) is 3.38. The SMILES string of the molecule is COc1c(Cl)c(-c2n[nH]c3ccccc23)c(F)c2ncnc(N3CCNCC3)c12. The lowest BCUT2D eigenvalue weighted by Gasteiger charge is -2.29. The summed E-state index contributed by atoms with van der Waals surface area (Å²) in [6.07, 6.45) is 1.38. The minimum atomic E-state index is -0.540. The second-order valence-electron chi connectivity index (χ2n) is 6.81. The molecule has 2 aromatic carbocycles. The molecule has 148 valence electrons. The Bertz CT molecular complexity index is 1220. The van der Waals surface area contributed by atoms with Crippen LogP contribution < -0.4 is 15.0 Å². The molecule has 0 unspecified atom stereocenters. The molecule has 1 saturated heterocycles. The zero-order valence-corrected chi connectivity index (χ0v) is 16.4. The number of hydrogen-bond acceptors (Lipinski definition) is 6. The van der Waals surface area contributed by atoms with E-state index in [0.717, 1.165) is 37.1 Å². The van der Waals surface area contributed by atoms with Gasteiger partial charge in [-0.1, -0.05) is 29.8 Å². The number of rotatable bonds is 3. The summed E-state index contributed by atoms with van der Waals surface area (Å²) in [5, 5.41) is 11.9. The van der Waals surface area contributed by atoms with Gasteiger partial charge in [0.15, 0.2) is 11.6 Å². The van der Waals surface area contributed by atoms with E-state index >= 15 is 4.39 Å². The summed E-state index contributed by atoms with van der Waals surface area (Å²) >= 11 is 6.69. The van der Waals surface area contributed by atoms with E-state index in [9.17, 15) is 0 Å². The van der Waals surface area contributed by atoms with Crippen molar-refractivity contribution in [2.45, 2.75) is 0 Å². The maximum atomic E-state index is 15.8. The molecular formula is C20H18ClFN6O. The topological polar surface area (TPSA) is 79.0 Å². The van der Waals surface area contributed by atoms with Crippen LogP contribution in [0.4, 0.5) is 10.2 Å². The monoisotopic (exact) mass is 412 g/mol. The maximum absolute atomic E-state index is 15.8. The highest BCUT2D eigenvalue weighted by molar-refractivity contribution is 6.37. The molecule has 1 aliphatic rings. The average molecular weight is 413 g/mol. The zero-order chi connectivity index (χ0) is 20.0. The molecule has 29 heavy (non-hydrogen) atoms. The molecular weight excluding hydrogens is 395 g/mol. The van der Waals surface area contributed by atoms with Gasteiger partial charge in [0.05, 0.1) is 28.6 Å². The molecule has 0 radical (unpaired) electrons. The largest absolute Gasteiger partial charge is 0.494 e. The van der Waals surface area contributed by atoms with Crippen LogP contribution in [0.2, 0.25) is 5.02 Å². The number of nitrogens with one attached hydrogen (secondary N) is 2. The number of fused-ring (bicyclic) bond motifs is 2. The van der Waals surface area contributed by atoms with Crippen molar-refractivity contribution in [3.63, 3.8) is 0 Å². The first-order chi connectivity index (χ1) is 14.2. The molecule has 4 aromatic rings. The Kier molecular flexibility index (Phi) is 4.44. The second-order valence-corrected chi connectivity index (χ2v) is 7.19. The smallest absolute Gasteiger partial charge is 0.160 e. The Hall–Kier alpha value is -2.97. The molecule has 0 spiro atoms. The number of hydrogen-bond donors (Lipinski definition) is 2. The quantitative estimate of drug-likeness (QED) is 0.537. The summed E-state index contributed by atoms with van der Waals surface area (Å²) < 4.78 is 21.4. The van der Waals surface area contributed by atoms with Crippen molar-refractivity contribution in [1.82, 2.24) is 25.5 Å². The first kappa shape index (κ1) is 18.1. The summed E-state index contributed by atoms with van der Waals surface area (Å²) in [4.78, 5) is 10.7. The fraction of sp³-hybridized carbons (Fsp3) is 0.250. The summed E-state index contributed by atoms with van der Waals surface area (Å²) in [7, 11) is 1.51. The number of piperazine rings is 1. The third kappa shape index (κ3) is 2.79. The number of nitrogens with zero attached hydrogens (tertiary/aromatic N) is 4. The van der Waals surface area contributed by atoms with Crippen molar-refractivity contribution in [3.8, 4) is 17.0 Å². The molecule has 0 saturated carbocycles. The number of aromatic nitrogens is 4. The van der Waals surface area contributed by atoms with Gasteiger partial charge in [-0.25, -0.2) is 14.4 Å². The number of benzene rings is 2. The number of para-hydroxylation sites is 1. The first-order valence-electron chi connectivity index (χ1n) is 9.29. The van der Waals surface area contributed by atoms with Gasteiger partial charge >= 0.3 is 0 Å². The van der Waals surface area contributed by atoms with Crippen molar-refractivity contribution in [3.05, 3.63) is 41.4 Å². The Morgan fingerprint density at radius 3 is 2.76 bits per heavy atom. The molecule has 1 aliphatic heterocycles. The van der Waals surface area contributed by atoms with Crippen molar-refractivity contribution in [2.75, 3.05) is 38.2 Å². The Labute approximate surface area is 170 Å². The van der Waals surface area contributed by atoms with Gasteiger partial charge in [-0.15, -0.1) is 0 Å². The second kappa shape index (κ2) is 7.13. The van der Waals surface area contributed by atoms with E-state index in [2.05, 4.69) is 30.4 Å². The molecule has 0 aliphatic carbocycles. The molecule has 2 aromatic heterocycles. The zero-order valence-electron chi connectivity index (χ0n) is 15.7. The summed E-state index contributed by atoms with van der Waals surface area (Å²) in [6, 6.07) is 7.50. The number of H-pyrrole nitrogens is 1. The van der Waals surface area contributed by atoms with Gasteiger partial charge < -0.3 is 15.0 Å². The van der Waals surface area contributed by atoms with Crippen LogP contribution in [-0.2, 0) is 0 Å². The molecule has 9 heteroatoms. The lowest BCUT2D eigenvalue weighted by molar-refractivity contribution is 0.419. The first-order valence-corrected chi connectivity index (χ1v) is 9.67. The molecule has 3 heterocycles. The minimum Gasteiger partial charge on any atom is -0.494 e. The van der Waals surface area contributed by atoms with Gasteiger partial charge in [0, 0.05) is 31.6 Å². The number of aromatic amines is 1. The number of halogens is 2. The van der Waals surface area contributed by atoms with Crippen molar-refractivity contribution >= 4 is 39.2 Å². The fourth-order valence-corrected chi connectivity index (χ4v) is 4.20. The van der Waals surface area contributed by atoms with E-state index in [0.29, 0.717) is 22.6 Å². The van der Waals surface area contributed by atoms with Crippen LogP contribution in [0.25, 0.3) is 33.1 Å². The molecule has 2 N–H and O–H groups in total. The maximum Gasteiger partial charge on any atom is 0.160 e. The van der Waals surface area contributed by atoms with Crippen LogP contribution in [0, 0.1) is 5.82 Å². The van der Waals surface area contributed by atoms with Gasteiger partial charge in [-0.2, -0.15) is 5.10 Å². The summed E-state index contributed by atoms with van der Waals surface area (Å²) in [5.41, 5.74) is 1.54. The molecule has 7 nitrogen and oxygen atoms in total. The Morgan fingerprint density at radius 1 is 1.17 bits per heavy atom. The van der Waals surface area contributed by atoms with E-state index in [-0.39, 0.29) is 16.1 Å². The van der Waals surface area contributed by atoms with Crippen LogP contribution in [0.3, 0.4) is 0 Å². The summed E-state index contributed by atoms with van der Waals surface area (Å²) in [6.45, 7) is 3.14. The number of ether oxygens (including phenoxy) is 1. The fourth-order valence-electron chi connectivity index (χ4n) is 3.86. The lowest BCUT2D eigenvalue weighted by Crippen LogP contribution is -2.44. The van der Waals surface area contributed by atoms with Crippen LogP contribution in [0.1, 0.15) is 0 Å². The Morgan fingerprint density at radius 2 is 1.97 bits per heavy atom. The molecule has 0 amide bonds. The van der Waals surface area contributed by atoms with E-state index in [1.165, 1.54) is 13.4 Å². The lowest BCUT2D eigenvalue weighted by atomic mass is 10.0. The van der Waals surface area contributed by atoms with Crippen LogP contribution in [-0.4, -0.2) is 53.5 Å². The number of methoxy groups -OCH3 is 1. The van der Waals surface area contributed by atoms with Gasteiger partial charge in [0.1, 0.15) is 23.4 Å². The van der Waals surface area contributed by atoms with E-state index in [1.807, 2.05) is 24.3 Å². The third-order valence-corrected chi connectivity index (χ3v) is 5.59. The van der Waals surface area contributed by atoms with Crippen LogP contribution in [0.5, 0.6) is 5.75 Å². The average Bonchev–Trinajstić information content (AvgIpc) is 3.18. The molecule has 0 atom stereocenters. The van der Waals surface area contributed by atoms with E-state index in [1.54, 1.807) is 0 Å². The standard InChI is InChI=1S/C20H18ClFN6O/c1-29-19-14-18(24-10-25-20(14)28-8-6-23-7-9-28)16(22)13(15(19)21)17-11-4-2-3-5-12(11)26-27-17/h2-5,10,23H,6-9H2,1H3,(H,26,27). The highest BCUT2D eigenvalue weighted by atomic mass is 35.5. The number of anilines is 1. The highest BCUT2D eigenvalue weighted by Gasteiger charge is 2.28. The van der Waals surface area contributed by atoms with Crippen molar-refractivity contribution < 1.29 is 9.13 Å². The minimum absolute atomic E-state index is 0.154. The van der Waals surface area contributed by atoms with Gasteiger partial charge in [-0.05, 0) is 6.07 Å². The van der Waals surface area contributed by atoms with Crippen LogP contribution >= 0.6 is 11.6 Å². The molecule has 1 fully saturated rings. The van der Waals surface area contributed by atoms with Gasteiger partial charge in [0.25, 0.3) is 0 Å². The highest BCUT2D eigenvalue weighted by Crippen LogP contribution is 2.46. The predicted molar refractivity (Wildman–Crippen MR) is 111 cm³/mol. The van der Waals surface area contributed by atoms with Crippen LogP contribution in [0.15, 0.2) is 30.6 Å². The van der Waals surface area contributed by atoms with Crippen molar-refractivity contribution in [1.29, 1.82) is 0 Å². The summed E-state index contributed by atoms with van der Waals surface area (Å²) in [5.74, 6) is 0.425. The normalized spacial score (nSPS) is 14.7. The van der Waals surface area contributed by atoms with E-state index in [4.69, 9.17) is 16.3 Å². The molecule has 0 bridgehead atoms. The third-order valence-electron chi connectivity index (χ3n) is 5.23. The van der Waals surface area contributed by atoms with E-state index < -0.39 is 5.82 Å². The van der Waals surface area contributed by atoms with Crippen molar-refractivity contribution in [2.24, 2.45) is 0 Å². The Balaban J connectivity index is 1.82. The molecule has 5 rings (SSSR count). The van der Waals surface area contributed by atoms with Gasteiger partial charge in [-0.3, -0.25) is 5.10 Å².